The van der Waals surface area contributed by atoms with E-state index in [1.54, 1.807) is 42.5 Å². The summed E-state index contributed by atoms with van der Waals surface area (Å²) >= 11 is 5.77. The van der Waals surface area contributed by atoms with E-state index in [0.29, 0.717) is 27.8 Å². The Morgan fingerprint density at radius 1 is 1.11 bits per heavy atom. The van der Waals surface area contributed by atoms with Crippen LogP contribution in [0.1, 0.15) is 5.56 Å². The summed E-state index contributed by atoms with van der Waals surface area (Å²) in [4.78, 5) is 22.5. The van der Waals surface area contributed by atoms with Gasteiger partial charge in [-0.25, -0.2) is 5.43 Å². The monoisotopic (exact) mass is 391 g/mol. The van der Waals surface area contributed by atoms with Crippen LogP contribution in [0.3, 0.4) is 0 Å². The van der Waals surface area contributed by atoms with Gasteiger partial charge in [-0.3, -0.25) is 9.59 Å². The van der Waals surface area contributed by atoms with Gasteiger partial charge < -0.3 is 19.9 Å². The molecule has 2 aromatic rings. The van der Waals surface area contributed by atoms with Gasteiger partial charge in [0.1, 0.15) is 5.75 Å². The summed E-state index contributed by atoms with van der Waals surface area (Å²) in [5, 5.41) is 4.43. The number of primary amides is 1. The third-order valence-electron chi connectivity index (χ3n) is 3.14. The fourth-order valence-corrected chi connectivity index (χ4v) is 2.05. The van der Waals surface area contributed by atoms with Crippen LogP contribution in [0.2, 0.25) is 5.02 Å². The van der Waals surface area contributed by atoms with Gasteiger partial charge in [0.2, 0.25) is 0 Å². The van der Waals surface area contributed by atoms with E-state index < -0.39 is 11.8 Å². The van der Waals surface area contributed by atoms with Gasteiger partial charge in [-0.15, -0.1) is 0 Å². The van der Waals surface area contributed by atoms with E-state index in [9.17, 15) is 9.59 Å². The van der Waals surface area contributed by atoms with Crippen molar-refractivity contribution in [3.05, 3.63) is 53.1 Å². The number of amides is 2. The smallest absolute Gasteiger partial charge is 0.277 e. The molecule has 2 amide bonds. The van der Waals surface area contributed by atoms with Crippen molar-refractivity contribution in [2.45, 2.75) is 0 Å². The molecule has 0 aliphatic rings. The largest absolute Gasteiger partial charge is 0.493 e. The van der Waals surface area contributed by atoms with E-state index in [1.165, 1.54) is 13.3 Å². The number of rotatable bonds is 9. The number of hydrogen-bond donors (Lipinski definition) is 2. The summed E-state index contributed by atoms with van der Waals surface area (Å²) in [5.74, 6) is 0.280. The summed E-state index contributed by atoms with van der Waals surface area (Å²) in [5.41, 5.74) is 8.04. The number of methoxy groups -OCH3 is 1. The number of hydrazone groups is 1. The number of benzene rings is 2. The molecule has 27 heavy (non-hydrogen) atoms. The van der Waals surface area contributed by atoms with Gasteiger partial charge in [-0.05, 0) is 48.0 Å². The highest BCUT2D eigenvalue weighted by Gasteiger charge is 2.07. The molecular formula is C18H18ClN3O5. The van der Waals surface area contributed by atoms with Crippen LogP contribution in [-0.2, 0) is 9.59 Å². The van der Waals surface area contributed by atoms with E-state index >= 15 is 0 Å². The maximum absolute atomic E-state index is 11.7. The molecule has 0 unspecified atom stereocenters. The van der Waals surface area contributed by atoms with Crippen LogP contribution in [-0.4, -0.2) is 38.4 Å². The molecule has 142 valence electrons. The highest BCUT2D eigenvalue weighted by molar-refractivity contribution is 6.30. The number of nitrogens with zero attached hydrogens (tertiary/aromatic N) is 1. The lowest BCUT2D eigenvalue weighted by Gasteiger charge is -2.09. The second-order valence-electron chi connectivity index (χ2n) is 5.20. The molecule has 3 N–H and O–H groups in total. The van der Waals surface area contributed by atoms with Gasteiger partial charge >= 0.3 is 0 Å². The van der Waals surface area contributed by atoms with Crippen molar-refractivity contribution in [2.24, 2.45) is 10.8 Å². The zero-order chi connectivity index (χ0) is 19.6. The molecule has 2 rings (SSSR count). The topological polar surface area (TPSA) is 112 Å². The van der Waals surface area contributed by atoms with Crippen molar-refractivity contribution >= 4 is 29.6 Å². The predicted octanol–water partition coefficient (Wildman–Crippen LogP) is 1.74. The summed E-state index contributed by atoms with van der Waals surface area (Å²) < 4.78 is 15.7. The number of carbonyl (C=O) groups is 2. The Morgan fingerprint density at radius 3 is 2.52 bits per heavy atom. The van der Waals surface area contributed by atoms with Gasteiger partial charge in [0.05, 0.1) is 13.3 Å². The van der Waals surface area contributed by atoms with Gasteiger partial charge in [-0.2, -0.15) is 5.10 Å². The average molecular weight is 392 g/mol. The van der Waals surface area contributed by atoms with Crippen LogP contribution >= 0.6 is 11.6 Å². The molecule has 0 bridgehead atoms. The molecule has 0 atom stereocenters. The van der Waals surface area contributed by atoms with Gasteiger partial charge in [0.15, 0.2) is 24.7 Å². The molecule has 0 spiro atoms. The van der Waals surface area contributed by atoms with E-state index in [0.717, 1.165) is 0 Å². The molecule has 0 saturated carbocycles. The third kappa shape index (κ3) is 6.87. The second-order valence-corrected chi connectivity index (χ2v) is 5.64. The van der Waals surface area contributed by atoms with Crippen LogP contribution < -0.4 is 25.4 Å². The Hall–Kier alpha value is -3.26. The fourth-order valence-electron chi connectivity index (χ4n) is 1.92. The molecule has 0 fully saturated rings. The van der Waals surface area contributed by atoms with Crippen LogP contribution in [0.25, 0.3) is 0 Å². The van der Waals surface area contributed by atoms with Crippen molar-refractivity contribution in [3.63, 3.8) is 0 Å². The second kappa shape index (κ2) is 10.0. The average Bonchev–Trinajstić information content (AvgIpc) is 2.66. The molecule has 0 aromatic heterocycles. The number of nitrogens with one attached hydrogen (secondary N) is 1. The number of carbonyl (C=O) groups excluding carboxylic acids is 2. The minimum absolute atomic E-state index is 0.192. The standard InChI is InChI=1S/C18H18ClN3O5/c1-25-16-8-12(2-7-15(16)27-10-17(20)23)9-21-22-18(24)11-26-14-5-3-13(19)4-6-14/h2-9H,10-11H2,1H3,(H2,20,23)(H,22,24)/b21-9+. The lowest BCUT2D eigenvalue weighted by atomic mass is 10.2. The minimum Gasteiger partial charge on any atom is -0.493 e. The van der Waals surface area contributed by atoms with Gasteiger partial charge in [-0.1, -0.05) is 11.6 Å². The van der Waals surface area contributed by atoms with Crippen molar-refractivity contribution in [3.8, 4) is 17.2 Å². The molecule has 0 radical (unpaired) electrons. The van der Waals surface area contributed by atoms with E-state index in [1.807, 2.05) is 0 Å². The maximum atomic E-state index is 11.7. The van der Waals surface area contributed by atoms with E-state index in [-0.39, 0.29) is 13.2 Å². The lowest BCUT2D eigenvalue weighted by Crippen LogP contribution is -2.24. The molecule has 9 heteroatoms. The summed E-state index contributed by atoms with van der Waals surface area (Å²) in [6.07, 6.45) is 1.43. The molecule has 0 aliphatic heterocycles. The lowest BCUT2D eigenvalue weighted by molar-refractivity contribution is -0.123. The first-order valence-corrected chi connectivity index (χ1v) is 8.15. The normalized spacial score (nSPS) is 10.4. The molecular weight excluding hydrogens is 374 g/mol. The summed E-state index contributed by atoms with van der Waals surface area (Å²) in [7, 11) is 1.46. The highest BCUT2D eigenvalue weighted by atomic mass is 35.5. The number of ether oxygens (including phenoxy) is 3. The Kier molecular flexibility index (Phi) is 7.45. The number of hydrogen-bond acceptors (Lipinski definition) is 6. The molecule has 2 aromatic carbocycles. The van der Waals surface area contributed by atoms with E-state index in [4.69, 9.17) is 31.5 Å². The van der Waals surface area contributed by atoms with Crippen LogP contribution in [0.5, 0.6) is 17.2 Å². The quantitative estimate of drug-likeness (QED) is 0.499. The Balaban J connectivity index is 1.86. The Labute approximate surface area is 160 Å². The van der Waals surface area contributed by atoms with E-state index in [2.05, 4.69) is 10.5 Å². The molecule has 0 heterocycles. The number of halogens is 1. The first-order chi connectivity index (χ1) is 13.0. The fraction of sp³-hybridized carbons (Fsp3) is 0.167. The Bertz CT molecular complexity index is 824. The first kappa shape index (κ1) is 20.1. The summed E-state index contributed by atoms with van der Waals surface area (Å²) in [6, 6.07) is 11.6. The zero-order valence-corrected chi connectivity index (χ0v) is 15.2. The highest BCUT2D eigenvalue weighted by Crippen LogP contribution is 2.27. The third-order valence-corrected chi connectivity index (χ3v) is 3.40. The van der Waals surface area contributed by atoms with Crippen LogP contribution in [0.15, 0.2) is 47.6 Å². The predicted molar refractivity (Wildman–Crippen MR) is 100 cm³/mol. The molecule has 0 aliphatic carbocycles. The molecule has 8 nitrogen and oxygen atoms in total. The Morgan fingerprint density at radius 2 is 1.85 bits per heavy atom. The SMILES string of the molecule is COc1cc(/C=N/NC(=O)COc2ccc(Cl)cc2)ccc1OCC(N)=O. The number of nitrogens with two attached hydrogens (primary N) is 1. The van der Waals surface area contributed by atoms with Crippen molar-refractivity contribution in [2.75, 3.05) is 20.3 Å². The van der Waals surface area contributed by atoms with Crippen LogP contribution in [0.4, 0.5) is 0 Å². The van der Waals surface area contributed by atoms with Crippen molar-refractivity contribution < 1.29 is 23.8 Å². The molecule has 0 saturated heterocycles. The maximum Gasteiger partial charge on any atom is 0.277 e. The summed E-state index contributed by atoms with van der Waals surface area (Å²) in [6.45, 7) is -0.449. The van der Waals surface area contributed by atoms with Crippen molar-refractivity contribution in [1.29, 1.82) is 0 Å². The van der Waals surface area contributed by atoms with Gasteiger partial charge in [0, 0.05) is 5.02 Å². The first-order valence-electron chi connectivity index (χ1n) is 7.77. The van der Waals surface area contributed by atoms with Crippen LogP contribution in [0, 0.1) is 0 Å². The van der Waals surface area contributed by atoms with Crippen molar-refractivity contribution in [1.82, 2.24) is 5.43 Å². The minimum atomic E-state index is -0.591. The zero-order valence-electron chi connectivity index (χ0n) is 14.5. The van der Waals surface area contributed by atoms with Gasteiger partial charge in [0.25, 0.3) is 11.8 Å².